The molecule has 1 heterocycles. The van der Waals surface area contributed by atoms with Gasteiger partial charge in [-0.05, 0) is 32.0 Å². The lowest BCUT2D eigenvalue weighted by atomic mass is 9.85. The first kappa shape index (κ1) is 19.6. The lowest BCUT2D eigenvalue weighted by Crippen LogP contribution is -2.64. The average Bonchev–Trinajstić information content (AvgIpc) is 2.55. The maximum absolute atomic E-state index is 12.4. The summed E-state index contributed by atoms with van der Waals surface area (Å²) < 4.78 is 0. The number of likely N-dealkylation sites (N-methyl/N-ethyl adjacent to an activating group) is 2. The smallest absolute Gasteiger partial charge is 0.317 e. The van der Waals surface area contributed by atoms with Crippen molar-refractivity contribution in [3.63, 3.8) is 0 Å². The number of benzene rings is 1. The third-order valence-electron chi connectivity index (χ3n) is 5.75. The normalized spacial score (nSPS) is 22.4. The van der Waals surface area contributed by atoms with E-state index in [0.717, 1.165) is 39.0 Å². The van der Waals surface area contributed by atoms with Crippen LogP contribution in [0.1, 0.15) is 25.3 Å². The fourth-order valence-corrected chi connectivity index (χ4v) is 3.84. The minimum absolute atomic E-state index is 0.00379. The number of nitrogens with one attached hydrogen (secondary N) is 1. The van der Waals surface area contributed by atoms with E-state index in [1.807, 2.05) is 34.9 Å². The Morgan fingerprint density at radius 1 is 1.19 bits per heavy atom. The predicted molar refractivity (Wildman–Crippen MR) is 103 cm³/mol. The Labute approximate surface area is 160 Å². The molecule has 3 rings (SSSR count). The van der Waals surface area contributed by atoms with Crippen LogP contribution in [-0.4, -0.2) is 83.2 Å². The summed E-state index contributed by atoms with van der Waals surface area (Å²) in [5.41, 5.74) is 1.28. The summed E-state index contributed by atoms with van der Waals surface area (Å²) in [5, 5.41) is 12.0. The zero-order chi connectivity index (χ0) is 19.4. The van der Waals surface area contributed by atoms with Crippen LogP contribution in [0.3, 0.4) is 0 Å². The molecule has 0 atom stereocenters. The highest BCUT2D eigenvalue weighted by Gasteiger charge is 2.38. The van der Waals surface area contributed by atoms with Gasteiger partial charge < -0.3 is 15.3 Å². The average molecular weight is 374 g/mol. The van der Waals surface area contributed by atoms with E-state index in [4.69, 9.17) is 5.11 Å². The van der Waals surface area contributed by atoms with Crippen molar-refractivity contribution in [1.29, 1.82) is 0 Å². The topological polar surface area (TPSA) is 76.1 Å². The molecule has 7 nitrogen and oxygen atoms in total. The van der Waals surface area contributed by atoms with Crippen LogP contribution in [0.25, 0.3) is 0 Å². The molecule has 0 bridgehead atoms. The second kappa shape index (κ2) is 8.71. The summed E-state index contributed by atoms with van der Waals surface area (Å²) in [6.45, 7) is 5.17. The molecule has 1 aromatic rings. The van der Waals surface area contributed by atoms with Crippen molar-refractivity contribution >= 4 is 12.0 Å². The van der Waals surface area contributed by atoms with E-state index in [2.05, 4.69) is 29.4 Å². The van der Waals surface area contributed by atoms with E-state index >= 15 is 0 Å². The standard InChI is InChI=1S/C20H30N4O3/c1-3-23(14-19(25)26)17-9-16(10-17)21-20(27)24-12-18(13-24)22(2)11-15-7-5-4-6-8-15/h4-8,16-18H,3,9-14H2,1-2H3,(H,21,27)(H,25,26). The molecular weight excluding hydrogens is 344 g/mol. The summed E-state index contributed by atoms with van der Waals surface area (Å²) in [5.74, 6) is -0.796. The third-order valence-corrected chi connectivity index (χ3v) is 5.75. The SMILES string of the molecule is CCN(CC(=O)O)C1CC(NC(=O)N2CC(N(C)Cc3ccccc3)C2)C1. The van der Waals surface area contributed by atoms with E-state index in [9.17, 15) is 9.59 Å². The number of nitrogens with zero attached hydrogens (tertiary/aromatic N) is 3. The molecule has 1 aliphatic heterocycles. The summed E-state index contributed by atoms with van der Waals surface area (Å²) in [4.78, 5) is 29.4. The first-order valence-corrected chi connectivity index (χ1v) is 9.71. The molecule has 0 spiro atoms. The Bertz CT molecular complexity index is 642. The molecule has 27 heavy (non-hydrogen) atoms. The Hall–Kier alpha value is -2.12. The molecule has 0 radical (unpaired) electrons. The number of amides is 2. The van der Waals surface area contributed by atoms with Gasteiger partial charge in [0.25, 0.3) is 0 Å². The molecule has 2 N–H and O–H groups in total. The maximum Gasteiger partial charge on any atom is 0.317 e. The van der Waals surface area contributed by atoms with Crippen molar-refractivity contribution < 1.29 is 14.7 Å². The van der Waals surface area contributed by atoms with Crippen LogP contribution in [0, 0.1) is 0 Å². The van der Waals surface area contributed by atoms with Crippen LogP contribution in [-0.2, 0) is 11.3 Å². The number of hydrogen-bond donors (Lipinski definition) is 2. The molecule has 2 amide bonds. The highest BCUT2D eigenvalue weighted by Crippen LogP contribution is 2.26. The zero-order valence-electron chi connectivity index (χ0n) is 16.2. The molecular formula is C20H30N4O3. The molecule has 148 valence electrons. The van der Waals surface area contributed by atoms with Gasteiger partial charge in [0, 0.05) is 37.8 Å². The number of aliphatic carboxylic acids is 1. The zero-order valence-corrected chi connectivity index (χ0v) is 16.2. The maximum atomic E-state index is 12.4. The molecule has 1 saturated carbocycles. The van der Waals surface area contributed by atoms with Crippen LogP contribution in [0.2, 0.25) is 0 Å². The van der Waals surface area contributed by atoms with Crippen molar-refractivity contribution in [3.05, 3.63) is 35.9 Å². The monoisotopic (exact) mass is 374 g/mol. The van der Waals surface area contributed by atoms with Crippen LogP contribution >= 0.6 is 0 Å². The Kier molecular flexibility index (Phi) is 6.34. The highest BCUT2D eigenvalue weighted by atomic mass is 16.4. The van der Waals surface area contributed by atoms with E-state index in [1.165, 1.54) is 5.56 Å². The first-order valence-electron chi connectivity index (χ1n) is 9.71. The fourth-order valence-electron chi connectivity index (χ4n) is 3.84. The van der Waals surface area contributed by atoms with Crippen LogP contribution in [0.4, 0.5) is 4.79 Å². The summed E-state index contributed by atoms with van der Waals surface area (Å²) >= 11 is 0. The molecule has 0 aromatic heterocycles. The van der Waals surface area contributed by atoms with Gasteiger partial charge in [0.2, 0.25) is 0 Å². The Morgan fingerprint density at radius 3 is 2.44 bits per heavy atom. The number of likely N-dealkylation sites (tertiary alicyclic amines) is 1. The Morgan fingerprint density at radius 2 is 1.85 bits per heavy atom. The van der Waals surface area contributed by atoms with Crippen molar-refractivity contribution in [2.45, 2.75) is 44.4 Å². The first-order chi connectivity index (χ1) is 13.0. The van der Waals surface area contributed by atoms with Crippen molar-refractivity contribution in [1.82, 2.24) is 20.0 Å². The fraction of sp³-hybridized carbons (Fsp3) is 0.600. The van der Waals surface area contributed by atoms with Crippen LogP contribution < -0.4 is 5.32 Å². The van der Waals surface area contributed by atoms with Gasteiger partial charge in [-0.25, -0.2) is 4.79 Å². The lowest BCUT2D eigenvalue weighted by molar-refractivity contribution is -0.139. The molecule has 7 heteroatoms. The van der Waals surface area contributed by atoms with Crippen molar-refractivity contribution in [2.24, 2.45) is 0 Å². The molecule has 0 unspecified atom stereocenters. The highest BCUT2D eigenvalue weighted by molar-refractivity contribution is 5.75. The molecule has 1 aromatic carbocycles. The van der Waals surface area contributed by atoms with E-state index in [-0.39, 0.29) is 24.7 Å². The summed E-state index contributed by atoms with van der Waals surface area (Å²) in [6.07, 6.45) is 1.66. The van der Waals surface area contributed by atoms with E-state index < -0.39 is 5.97 Å². The third kappa shape index (κ3) is 4.99. The van der Waals surface area contributed by atoms with Crippen molar-refractivity contribution in [2.75, 3.05) is 33.2 Å². The quantitative estimate of drug-likeness (QED) is 0.720. The number of carboxylic acid groups (broad SMARTS) is 1. The molecule has 2 fully saturated rings. The Balaban J connectivity index is 1.35. The van der Waals surface area contributed by atoms with Crippen LogP contribution in [0.5, 0.6) is 0 Å². The molecule has 2 aliphatic rings. The molecule has 1 aliphatic carbocycles. The van der Waals surface area contributed by atoms with Gasteiger partial charge in [0.1, 0.15) is 0 Å². The van der Waals surface area contributed by atoms with Gasteiger partial charge in [0.15, 0.2) is 0 Å². The summed E-state index contributed by atoms with van der Waals surface area (Å²) in [6, 6.07) is 11.2. The number of carboxylic acids is 1. The second-order valence-corrected chi connectivity index (χ2v) is 7.69. The number of carbonyl (C=O) groups excluding carboxylic acids is 1. The van der Waals surface area contributed by atoms with E-state index in [1.54, 1.807) is 0 Å². The number of rotatable bonds is 8. The minimum Gasteiger partial charge on any atom is -0.480 e. The minimum atomic E-state index is -0.796. The second-order valence-electron chi connectivity index (χ2n) is 7.69. The van der Waals surface area contributed by atoms with Crippen molar-refractivity contribution in [3.8, 4) is 0 Å². The van der Waals surface area contributed by atoms with Gasteiger partial charge in [-0.15, -0.1) is 0 Å². The van der Waals surface area contributed by atoms with Gasteiger partial charge in [0.05, 0.1) is 6.54 Å². The van der Waals surface area contributed by atoms with Gasteiger partial charge in [-0.2, -0.15) is 0 Å². The lowest BCUT2D eigenvalue weighted by Gasteiger charge is -2.46. The van der Waals surface area contributed by atoms with Gasteiger partial charge in [-0.3, -0.25) is 14.6 Å². The van der Waals surface area contributed by atoms with Crippen LogP contribution in [0.15, 0.2) is 30.3 Å². The largest absolute Gasteiger partial charge is 0.480 e. The van der Waals surface area contributed by atoms with Gasteiger partial charge >= 0.3 is 12.0 Å². The van der Waals surface area contributed by atoms with Gasteiger partial charge in [-0.1, -0.05) is 37.3 Å². The molecule has 1 saturated heterocycles. The predicted octanol–water partition coefficient (Wildman–Crippen LogP) is 1.45. The summed E-state index contributed by atoms with van der Waals surface area (Å²) in [7, 11) is 2.10. The number of hydrogen-bond acceptors (Lipinski definition) is 4. The van der Waals surface area contributed by atoms with E-state index in [0.29, 0.717) is 6.04 Å². The number of carbonyl (C=O) groups is 2. The number of urea groups is 1.